The quantitative estimate of drug-likeness (QED) is 0.796. The molecule has 0 spiro atoms. The smallest absolute Gasteiger partial charge is 0.240 e. The molecule has 0 radical (unpaired) electrons. The number of sulfonamides is 1. The lowest BCUT2D eigenvalue weighted by Gasteiger charge is -2.24. The van der Waals surface area contributed by atoms with Crippen LogP contribution < -0.4 is 14.4 Å². The van der Waals surface area contributed by atoms with E-state index < -0.39 is 10.0 Å². The molecule has 1 aromatic rings. The molecule has 0 aromatic heterocycles. The molecule has 1 amide bonds. The Hall–Kier alpha value is -1.76. The number of rotatable bonds is 6. The number of ether oxygens (including phenoxy) is 1. The molecule has 0 saturated heterocycles. The molecule has 1 aliphatic rings. The Morgan fingerprint density at radius 3 is 2.25 bits per heavy atom. The third-order valence-corrected chi connectivity index (χ3v) is 5.41. The highest BCUT2D eigenvalue weighted by Gasteiger charge is 2.22. The molecule has 1 N–H and O–H groups in total. The van der Waals surface area contributed by atoms with E-state index in [-0.39, 0.29) is 18.5 Å². The lowest BCUT2D eigenvalue weighted by Crippen LogP contribution is -2.44. The van der Waals surface area contributed by atoms with E-state index in [2.05, 4.69) is 5.32 Å². The van der Waals surface area contributed by atoms with Crippen LogP contribution in [0.4, 0.5) is 5.69 Å². The lowest BCUT2D eigenvalue weighted by atomic mass is 10.1. The molecule has 0 heterocycles. The number of nitrogens with one attached hydrogen (secondary N) is 1. The number of benzene rings is 1. The first-order valence-corrected chi connectivity index (χ1v) is 10.2. The number of nitrogens with zero attached hydrogens (tertiary/aromatic N) is 1. The molecule has 6 nitrogen and oxygen atoms in total. The van der Waals surface area contributed by atoms with Crippen molar-refractivity contribution in [1.29, 1.82) is 0 Å². The van der Waals surface area contributed by atoms with Crippen LogP contribution in [-0.2, 0) is 14.8 Å². The zero-order valence-electron chi connectivity index (χ0n) is 14.3. The Morgan fingerprint density at radius 1 is 1.17 bits per heavy atom. The second kappa shape index (κ2) is 8.37. The number of anilines is 1. The van der Waals surface area contributed by atoms with Gasteiger partial charge in [-0.05, 0) is 37.1 Å². The molecule has 134 valence electrons. The Labute approximate surface area is 144 Å². The van der Waals surface area contributed by atoms with Crippen LogP contribution in [-0.4, -0.2) is 40.3 Å². The van der Waals surface area contributed by atoms with E-state index in [4.69, 9.17) is 4.74 Å². The van der Waals surface area contributed by atoms with Crippen molar-refractivity contribution in [3.05, 3.63) is 24.3 Å². The van der Waals surface area contributed by atoms with Crippen LogP contribution >= 0.6 is 0 Å². The standard InChI is InChI=1S/C17H26N2O4S/c1-23-16-11-9-15(10-12-16)19(24(2,21)22)13-17(20)18-14-7-5-3-4-6-8-14/h9-12,14H,3-8,13H2,1-2H3,(H,18,20). The average molecular weight is 354 g/mol. The minimum Gasteiger partial charge on any atom is -0.497 e. The summed E-state index contributed by atoms with van der Waals surface area (Å²) < 4.78 is 30.4. The van der Waals surface area contributed by atoms with Gasteiger partial charge < -0.3 is 10.1 Å². The van der Waals surface area contributed by atoms with Crippen LogP contribution in [0.3, 0.4) is 0 Å². The van der Waals surface area contributed by atoms with Crippen LogP contribution in [0.15, 0.2) is 24.3 Å². The van der Waals surface area contributed by atoms with Gasteiger partial charge in [-0.2, -0.15) is 0 Å². The van der Waals surface area contributed by atoms with Crippen molar-refractivity contribution >= 4 is 21.6 Å². The molecular formula is C17H26N2O4S. The van der Waals surface area contributed by atoms with E-state index in [1.54, 1.807) is 31.4 Å². The van der Waals surface area contributed by atoms with Crippen molar-refractivity contribution in [3.63, 3.8) is 0 Å². The van der Waals surface area contributed by atoms with Crippen molar-refractivity contribution in [3.8, 4) is 5.75 Å². The molecule has 1 aromatic carbocycles. The van der Waals surface area contributed by atoms with Crippen LogP contribution in [0.25, 0.3) is 0 Å². The molecule has 0 atom stereocenters. The van der Waals surface area contributed by atoms with E-state index in [1.807, 2.05) is 0 Å². The second-order valence-corrected chi connectivity index (χ2v) is 8.13. The molecule has 7 heteroatoms. The summed E-state index contributed by atoms with van der Waals surface area (Å²) >= 11 is 0. The van der Waals surface area contributed by atoms with Crippen LogP contribution in [0.5, 0.6) is 5.75 Å². The largest absolute Gasteiger partial charge is 0.497 e. The summed E-state index contributed by atoms with van der Waals surface area (Å²) in [5, 5.41) is 2.98. The van der Waals surface area contributed by atoms with E-state index >= 15 is 0 Å². The van der Waals surface area contributed by atoms with E-state index in [9.17, 15) is 13.2 Å². The monoisotopic (exact) mass is 354 g/mol. The molecule has 0 unspecified atom stereocenters. The van der Waals surface area contributed by atoms with Crippen molar-refractivity contribution in [2.24, 2.45) is 0 Å². The molecular weight excluding hydrogens is 328 g/mol. The molecule has 1 fully saturated rings. The Bertz CT molecular complexity index is 635. The summed E-state index contributed by atoms with van der Waals surface area (Å²) in [6, 6.07) is 6.78. The number of hydrogen-bond acceptors (Lipinski definition) is 4. The zero-order chi connectivity index (χ0) is 17.6. The van der Waals surface area contributed by atoms with Crippen molar-refractivity contribution in [2.75, 3.05) is 24.2 Å². The third kappa shape index (κ3) is 5.40. The minimum atomic E-state index is -3.55. The summed E-state index contributed by atoms with van der Waals surface area (Å²) in [6.45, 7) is -0.207. The maximum Gasteiger partial charge on any atom is 0.240 e. The van der Waals surface area contributed by atoms with E-state index in [0.717, 1.165) is 36.2 Å². The number of amides is 1. The van der Waals surface area contributed by atoms with Crippen molar-refractivity contribution < 1.29 is 17.9 Å². The minimum absolute atomic E-state index is 0.150. The maximum absolute atomic E-state index is 12.3. The molecule has 2 rings (SSSR count). The molecule has 1 aliphatic carbocycles. The number of hydrogen-bond donors (Lipinski definition) is 1. The fourth-order valence-electron chi connectivity index (χ4n) is 2.98. The van der Waals surface area contributed by atoms with Gasteiger partial charge in [0.1, 0.15) is 12.3 Å². The highest BCUT2D eigenvalue weighted by Crippen LogP contribution is 2.21. The average Bonchev–Trinajstić information content (AvgIpc) is 2.80. The predicted molar refractivity (Wildman–Crippen MR) is 94.8 cm³/mol. The van der Waals surface area contributed by atoms with Gasteiger partial charge in [0.15, 0.2) is 0 Å². The van der Waals surface area contributed by atoms with Crippen molar-refractivity contribution in [2.45, 2.75) is 44.6 Å². The maximum atomic E-state index is 12.3. The number of methoxy groups -OCH3 is 1. The Balaban J connectivity index is 2.06. The third-order valence-electron chi connectivity index (χ3n) is 4.27. The summed E-state index contributed by atoms with van der Waals surface area (Å²) in [7, 11) is -2.00. The van der Waals surface area contributed by atoms with Crippen LogP contribution in [0.2, 0.25) is 0 Å². The first-order chi connectivity index (χ1) is 11.4. The highest BCUT2D eigenvalue weighted by molar-refractivity contribution is 7.92. The zero-order valence-corrected chi connectivity index (χ0v) is 15.1. The van der Waals surface area contributed by atoms with Gasteiger partial charge in [0.25, 0.3) is 0 Å². The molecule has 24 heavy (non-hydrogen) atoms. The summed E-state index contributed by atoms with van der Waals surface area (Å²) in [4.78, 5) is 12.3. The van der Waals surface area contributed by atoms with E-state index in [1.165, 1.54) is 12.8 Å². The second-order valence-electron chi connectivity index (χ2n) is 6.22. The van der Waals surface area contributed by atoms with Gasteiger partial charge in [-0.1, -0.05) is 25.7 Å². The summed E-state index contributed by atoms with van der Waals surface area (Å²) in [5.41, 5.74) is 0.453. The lowest BCUT2D eigenvalue weighted by molar-refractivity contribution is -0.120. The summed E-state index contributed by atoms with van der Waals surface area (Å²) in [5.74, 6) is 0.373. The van der Waals surface area contributed by atoms with Gasteiger partial charge >= 0.3 is 0 Å². The predicted octanol–water partition coefficient (Wildman–Crippen LogP) is 2.30. The van der Waals surface area contributed by atoms with Crippen molar-refractivity contribution in [1.82, 2.24) is 5.32 Å². The van der Waals surface area contributed by atoms with Gasteiger partial charge in [-0.25, -0.2) is 8.42 Å². The molecule has 0 bridgehead atoms. The normalized spacial score (nSPS) is 16.2. The summed E-state index contributed by atoms with van der Waals surface area (Å²) in [6.07, 6.45) is 7.66. The first-order valence-electron chi connectivity index (χ1n) is 8.31. The molecule has 1 saturated carbocycles. The van der Waals surface area contributed by atoms with Crippen LogP contribution in [0, 0.1) is 0 Å². The van der Waals surface area contributed by atoms with Gasteiger partial charge in [-0.3, -0.25) is 9.10 Å². The van der Waals surface area contributed by atoms with E-state index in [0.29, 0.717) is 11.4 Å². The fraction of sp³-hybridized carbons (Fsp3) is 0.588. The van der Waals surface area contributed by atoms with Gasteiger partial charge in [0.2, 0.25) is 15.9 Å². The molecule has 0 aliphatic heterocycles. The van der Waals surface area contributed by atoms with Crippen LogP contribution in [0.1, 0.15) is 38.5 Å². The van der Waals surface area contributed by atoms with Gasteiger partial charge in [0, 0.05) is 6.04 Å². The fourth-order valence-corrected chi connectivity index (χ4v) is 3.83. The first kappa shape index (κ1) is 18.6. The Morgan fingerprint density at radius 2 is 1.75 bits per heavy atom. The topological polar surface area (TPSA) is 75.7 Å². The Kier molecular flexibility index (Phi) is 6.48. The van der Waals surface area contributed by atoms with Gasteiger partial charge in [-0.15, -0.1) is 0 Å². The SMILES string of the molecule is COc1ccc(N(CC(=O)NC2CCCCCC2)S(C)(=O)=O)cc1. The van der Waals surface area contributed by atoms with Gasteiger partial charge in [0.05, 0.1) is 19.1 Å². The number of carbonyl (C=O) groups excluding carboxylic acids is 1. The number of carbonyl (C=O) groups is 1. The highest BCUT2D eigenvalue weighted by atomic mass is 32.2.